The van der Waals surface area contributed by atoms with Gasteiger partial charge in [-0.3, -0.25) is 9.69 Å². The fourth-order valence-electron chi connectivity index (χ4n) is 5.18. The predicted octanol–water partition coefficient (Wildman–Crippen LogP) is 0.764. The largest absolute Gasteiger partial charge is 0.469 e. The quantitative estimate of drug-likeness (QED) is 0.295. The molecule has 212 valence electrons. The first-order valence-electron chi connectivity index (χ1n) is 13.3. The van der Waals surface area contributed by atoms with Gasteiger partial charge in [-0.15, -0.1) is 0 Å². The van der Waals surface area contributed by atoms with Crippen molar-refractivity contribution >= 4 is 17.3 Å². The number of aliphatic hydroxyl groups excluding tert-OH is 4. The van der Waals surface area contributed by atoms with E-state index in [1.165, 1.54) is 4.74 Å². The first-order valence-corrected chi connectivity index (χ1v) is 13.3. The Morgan fingerprint density at radius 2 is 1.66 bits per heavy atom. The number of hydrogen-bond acceptors (Lipinski definition) is 9. The SMILES string of the molecule is O=C1C(Cc2ccco2)=NC2=C(Cc3ccccc3)[N+](OC3O[C@H](CO)[C@H](O)[C@H](O)[C@H]3O)=C(c3ccccc3)CN12. The maximum absolute atomic E-state index is 13.6. The van der Waals surface area contributed by atoms with Crippen LogP contribution in [-0.4, -0.2) is 91.3 Å². The molecule has 0 aliphatic carbocycles. The number of carbonyl (C=O) groups excluding carboxylic acids is 1. The second-order valence-electron chi connectivity index (χ2n) is 10.0. The summed E-state index contributed by atoms with van der Waals surface area (Å²) in [6, 6.07) is 22.4. The molecule has 4 heterocycles. The van der Waals surface area contributed by atoms with Gasteiger partial charge in [-0.05, 0) is 29.8 Å². The van der Waals surface area contributed by atoms with Crippen LogP contribution in [0.25, 0.3) is 0 Å². The number of aliphatic hydroxyl groups is 4. The minimum Gasteiger partial charge on any atom is -0.469 e. The number of furan rings is 1. The Bertz CT molecular complexity index is 1480. The van der Waals surface area contributed by atoms with Crippen LogP contribution in [0.3, 0.4) is 0 Å². The van der Waals surface area contributed by atoms with E-state index in [1.807, 2.05) is 60.7 Å². The maximum Gasteiger partial charge on any atom is 0.299 e. The number of allylic oxidation sites excluding steroid dienone is 1. The monoisotopic (exact) mass is 560 g/mol. The third-order valence-corrected chi connectivity index (χ3v) is 7.35. The fourth-order valence-corrected chi connectivity index (χ4v) is 5.18. The van der Waals surface area contributed by atoms with Gasteiger partial charge in [0.2, 0.25) is 5.82 Å². The number of benzene rings is 2. The van der Waals surface area contributed by atoms with Crippen molar-refractivity contribution in [2.45, 2.75) is 43.5 Å². The van der Waals surface area contributed by atoms with Crippen molar-refractivity contribution in [3.63, 3.8) is 0 Å². The van der Waals surface area contributed by atoms with Gasteiger partial charge in [0.1, 0.15) is 36.3 Å². The summed E-state index contributed by atoms with van der Waals surface area (Å²) in [6.07, 6.45) is -5.35. The number of aliphatic imine (C=N–C) groups is 1. The van der Waals surface area contributed by atoms with E-state index in [9.17, 15) is 25.2 Å². The van der Waals surface area contributed by atoms with Gasteiger partial charge in [0, 0.05) is 10.3 Å². The average Bonchev–Trinajstić information content (AvgIpc) is 3.63. The molecule has 3 aromatic rings. The zero-order chi connectivity index (χ0) is 28.5. The number of amides is 1. The molecule has 1 fully saturated rings. The number of ether oxygens (including phenoxy) is 1. The van der Waals surface area contributed by atoms with E-state index in [2.05, 4.69) is 0 Å². The van der Waals surface area contributed by atoms with Gasteiger partial charge in [0.05, 0.1) is 25.7 Å². The van der Waals surface area contributed by atoms with Crippen molar-refractivity contribution < 1.29 is 44.0 Å². The Morgan fingerprint density at radius 3 is 2.34 bits per heavy atom. The average molecular weight is 561 g/mol. The summed E-state index contributed by atoms with van der Waals surface area (Å²) in [5, 5.41) is 41.3. The second kappa shape index (κ2) is 11.4. The topological polar surface area (TPSA) is 148 Å². The van der Waals surface area contributed by atoms with Gasteiger partial charge in [0.15, 0.2) is 6.10 Å². The summed E-state index contributed by atoms with van der Waals surface area (Å²) < 4.78 is 12.7. The maximum atomic E-state index is 13.6. The van der Waals surface area contributed by atoms with Crippen LogP contribution in [0.4, 0.5) is 0 Å². The molecule has 0 bridgehead atoms. The molecule has 4 N–H and O–H groups in total. The Balaban J connectivity index is 1.48. The Labute approximate surface area is 235 Å². The molecule has 3 aliphatic heterocycles. The highest BCUT2D eigenvalue weighted by Crippen LogP contribution is 2.31. The van der Waals surface area contributed by atoms with Crippen molar-refractivity contribution in [2.24, 2.45) is 4.99 Å². The van der Waals surface area contributed by atoms with Crippen LogP contribution < -0.4 is 0 Å². The molecule has 1 aromatic heterocycles. The van der Waals surface area contributed by atoms with Gasteiger partial charge in [-0.1, -0.05) is 48.5 Å². The summed E-state index contributed by atoms with van der Waals surface area (Å²) in [5.41, 5.74) is 3.03. The highest BCUT2D eigenvalue weighted by Gasteiger charge is 2.50. The molecule has 11 nitrogen and oxygen atoms in total. The Hall–Kier alpha value is -4.13. The van der Waals surface area contributed by atoms with E-state index in [1.54, 1.807) is 23.3 Å². The second-order valence-corrected chi connectivity index (χ2v) is 10.0. The van der Waals surface area contributed by atoms with Crippen LogP contribution in [0.1, 0.15) is 16.9 Å². The van der Waals surface area contributed by atoms with Gasteiger partial charge in [-0.2, -0.15) is 0 Å². The summed E-state index contributed by atoms with van der Waals surface area (Å²) in [6.45, 7) is -0.500. The number of hydroxylamine groups is 1. The first kappa shape index (κ1) is 27.1. The normalized spacial score (nSPS) is 26.3. The van der Waals surface area contributed by atoms with E-state index >= 15 is 0 Å². The van der Waals surface area contributed by atoms with Crippen molar-refractivity contribution in [3.8, 4) is 0 Å². The molecule has 6 rings (SSSR count). The summed E-state index contributed by atoms with van der Waals surface area (Å²) in [4.78, 5) is 26.3. The van der Waals surface area contributed by atoms with Gasteiger partial charge < -0.3 is 29.6 Å². The lowest BCUT2D eigenvalue weighted by molar-refractivity contribution is -0.784. The van der Waals surface area contributed by atoms with E-state index in [-0.39, 0.29) is 18.9 Å². The molecular formula is C30H30N3O8+. The lowest BCUT2D eigenvalue weighted by Gasteiger charge is -2.38. The van der Waals surface area contributed by atoms with Crippen LogP contribution >= 0.6 is 0 Å². The van der Waals surface area contributed by atoms with E-state index in [0.29, 0.717) is 35.1 Å². The predicted molar refractivity (Wildman–Crippen MR) is 144 cm³/mol. The molecule has 11 heteroatoms. The van der Waals surface area contributed by atoms with E-state index in [4.69, 9.17) is 19.0 Å². The third-order valence-electron chi connectivity index (χ3n) is 7.35. The van der Waals surface area contributed by atoms with Crippen molar-refractivity contribution in [2.75, 3.05) is 13.2 Å². The number of rotatable bonds is 8. The third kappa shape index (κ3) is 5.21. The molecule has 1 amide bonds. The number of carbonyl (C=O) groups is 1. The van der Waals surface area contributed by atoms with Crippen LogP contribution in [-0.2, 0) is 27.2 Å². The summed E-state index contributed by atoms with van der Waals surface area (Å²) in [5.74, 6) is 0.719. The smallest absolute Gasteiger partial charge is 0.299 e. The van der Waals surface area contributed by atoms with Crippen molar-refractivity contribution in [1.82, 2.24) is 4.90 Å². The zero-order valence-electron chi connectivity index (χ0n) is 22.0. The highest BCUT2D eigenvalue weighted by molar-refractivity contribution is 6.41. The van der Waals surface area contributed by atoms with Crippen LogP contribution in [0.2, 0.25) is 0 Å². The molecule has 0 saturated carbocycles. The van der Waals surface area contributed by atoms with Gasteiger partial charge >= 0.3 is 0 Å². The fraction of sp³-hybridized carbons (Fsp3) is 0.300. The number of hydrogen-bond donors (Lipinski definition) is 4. The minimum atomic E-state index is -1.63. The van der Waals surface area contributed by atoms with Gasteiger partial charge in [-0.25, -0.2) is 9.83 Å². The molecule has 2 aromatic carbocycles. The zero-order valence-corrected chi connectivity index (χ0v) is 22.0. The summed E-state index contributed by atoms with van der Waals surface area (Å²) >= 11 is 0. The minimum absolute atomic E-state index is 0.0963. The highest BCUT2D eigenvalue weighted by atomic mass is 16.8. The molecule has 41 heavy (non-hydrogen) atoms. The molecule has 1 unspecified atom stereocenters. The lowest BCUT2D eigenvalue weighted by Crippen LogP contribution is -2.60. The Morgan fingerprint density at radius 1 is 0.927 bits per heavy atom. The van der Waals surface area contributed by atoms with Gasteiger partial charge in [0.25, 0.3) is 23.6 Å². The standard InChI is InChI=1S/C30H30N3O8/c34-17-24-25(35)26(36)27(37)30(40-24)41-33-22(14-18-8-3-1-4-9-18)28-31-21(15-20-12-7-13-39-20)29(38)32(28)16-23(33)19-10-5-2-6-11-19/h1-13,24-27,30,34-37H,14-17H2/q+1/t24-,25+,26+,27-,30?/m1/s1. The Kier molecular flexibility index (Phi) is 7.52. The number of fused-ring (bicyclic) bond motifs is 1. The molecule has 1 saturated heterocycles. The first-order chi connectivity index (χ1) is 19.9. The van der Waals surface area contributed by atoms with E-state index < -0.39 is 37.3 Å². The van der Waals surface area contributed by atoms with Crippen molar-refractivity contribution in [1.29, 1.82) is 0 Å². The number of nitrogens with zero attached hydrogens (tertiary/aromatic N) is 3. The summed E-state index contributed by atoms with van der Waals surface area (Å²) in [7, 11) is 0. The molecule has 5 atom stereocenters. The van der Waals surface area contributed by atoms with Crippen LogP contribution in [0.5, 0.6) is 0 Å². The van der Waals surface area contributed by atoms with Crippen LogP contribution in [0, 0.1) is 0 Å². The molecule has 0 radical (unpaired) electrons. The van der Waals surface area contributed by atoms with Crippen LogP contribution in [0.15, 0.2) is 100.0 Å². The molecular weight excluding hydrogens is 530 g/mol. The van der Waals surface area contributed by atoms with E-state index in [0.717, 1.165) is 11.1 Å². The van der Waals surface area contributed by atoms with Crippen molar-refractivity contribution in [3.05, 3.63) is 107 Å². The molecule has 0 spiro atoms. The lowest BCUT2D eigenvalue weighted by atomic mass is 9.99. The molecule has 3 aliphatic rings.